The first-order valence-corrected chi connectivity index (χ1v) is 5.31. The van der Waals surface area contributed by atoms with Gasteiger partial charge in [-0.15, -0.1) is 0 Å². The number of aryl methyl sites for hydroxylation is 2. The van der Waals surface area contributed by atoms with Crippen LogP contribution in [0.5, 0.6) is 0 Å². The summed E-state index contributed by atoms with van der Waals surface area (Å²) < 4.78 is 0. The van der Waals surface area contributed by atoms with Crippen LogP contribution in [0.1, 0.15) is 11.4 Å². The zero-order valence-electron chi connectivity index (χ0n) is 9.78. The highest BCUT2D eigenvalue weighted by Crippen LogP contribution is 2.24. The Balaban J connectivity index is 2.60. The lowest BCUT2D eigenvalue weighted by Gasteiger charge is -2.10. The number of hydrogen-bond donors (Lipinski definition) is 1. The SMILES string of the molecule is CNc1nc(C)c(C)nc1-c1ccccc1. The van der Waals surface area contributed by atoms with Gasteiger partial charge < -0.3 is 5.32 Å². The van der Waals surface area contributed by atoms with Crippen LogP contribution in [-0.2, 0) is 0 Å². The molecule has 0 spiro atoms. The lowest BCUT2D eigenvalue weighted by Crippen LogP contribution is -2.02. The van der Waals surface area contributed by atoms with E-state index in [1.165, 1.54) is 0 Å². The minimum Gasteiger partial charge on any atom is -0.371 e. The Bertz CT molecular complexity index is 492. The van der Waals surface area contributed by atoms with Crippen LogP contribution in [-0.4, -0.2) is 17.0 Å². The molecule has 1 aromatic carbocycles. The third-order valence-corrected chi connectivity index (χ3v) is 2.59. The summed E-state index contributed by atoms with van der Waals surface area (Å²) in [4.78, 5) is 9.08. The molecule has 82 valence electrons. The van der Waals surface area contributed by atoms with Gasteiger partial charge in [-0.2, -0.15) is 0 Å². The molecule has 0 radical (unpaired) electrons. The van der Waals surface area contributed by atoms with Crippen LogP contribution in [0.2, 0.25) is 0 Å². The molecule has 1 heterocycles. The lowest BCUT2D eigenvalue weighted by molar-refractivity contribution is 1.05. The molecule has 3 heteroatoms. The molecule has 0 aliphatic carbocycles. The van der Waals surface area contributed by atoms with Crippen LogP contribution in [0, 0.1) is 13.8 Å². The molecular formula is C13H15N3. The number of hydrogen-bond acceptors (Lipinski definition) is 3. The van der Waals surface area contributed by atoms with Gasteiger partial charge in [0.15, 0.2) is 5.82 Å². The average Bonchev–Trinajstić information content (AvgIpc) is 2.33. The van der Waals surface area contributed by atoms with E-state index in [1.807, 2.05) is 51.2 Å². The van der Waals surface area contributed by atoms with Crippen molar-refractivity contribution in [3.8, 4) is 11.3 Å². The van der Waals surface area contributed by atoms with Crippen molar-refractivity contribution in [2.75, 3.05) is 12.4 Å². The number of rotatable bonds is 2. The van der Waals surface area contributed by atoms with Gasteiger partial charge >= 0.3 is 0 Å². The van der Waals surface area contributed by atoms with Crippen molar-refractivity contribution in [2.24, 2.45) is 0 Å². The van der Waals surface area contributed by atoms with Crippen LogP contribution in [0.25, 0.3) is 11.3 Å². The van der Waals surface area contributed by atoms with E-state index in [9.17, 15) is 0 Å². The summed E-state index contributed by atoms with van der Waals surface area (Å²) in [5.41, 5.74) is 3.93. The summed E-state index contributed by atoms with van der Waals surface area (Å²) >= 11 is 0. The third-order valence-electron chi connectivity index (χ3n) is 2.59. The summed E-state index contributed by atoms with van der Waals surface area (Å²) in [6.45, 7) is 3.95. The first kappa shape index (κ1) is 10.6. The van der Waals surface area contributed by atoms with Gasteiger partial charge in [0.05, 0.1) is 11.4 Å². The predicted molar refractivity (Wildman–Crippen MR) is 66.5 cm³/mol. The van der Waals surface area contributed by atoms with Crippen LogP contribution in [0.3, 0.4) is 0 Å². The Morgan fingerprint density at radius 1 is 0.938 bits per heavy atom. The van der Waals surface area contributed by atoms with E-state index in [-0.39, 0.29) is 0 Å². The Morgan fingerprint density at radius 2 is 1.56 bits per heavy atom. The van der Waals surface area contributed by atoms with Gasteiger partial charge in [0, 0.05) is 12.6 Å². The number of aromatic nitrogens is 2. The quantitative estimate of drug-likeness (QED) is 0.833. The first-order valence-electron chi connectivity index (χ1n) is 5.31. The fraction of sp³-hybridized carbons (Fsp3) is 0.231. The molecule has 0 aliphatic rings. The summed E-state index contributed by atoms with van der Waals surface area (Å²) in [7, 11) is 1.87. The van der Waals surface area contributed by atoms with Crippen molar-refractivity contribution >= 4 is 5.82 Å². The van der Waals surface area contributed by atoms with E-state index < -0.39 is 0 Å². The average molecular weight is 213 g/mol. The van der Waals surface area contributed by atoms with Gasteiger partial charge in [-0.3, -0.25) is 0 Å². The van der Waals surface area contributed by atoms with Crippen molar-refractivity contribution in [1.82, 2.24) is 9.97 Å². The maximum Gasteiger partial charge on any atom is 0.152 e. The Kier molecular flexibility index (Phi) is 2.86. The Hall–Kier alpha value is -1.90. The molecule has 0 saturated heterocycles. The van der Waals surface area contributed by atoms with Gasteiger partial charge in [-0.1, -0.05) is 30.3 Å². The predicted octanol–water partition coefficient (Wildman–Crippen LogP) is 2.80. The van der Waals surface area contributed by atoms with E-state index in [0.717, 1.165) is 28.5 Å². The Morgan fingerprint density at radius 3 is 2.19 bits per heavy atom. The zero-order chi connectivity index (χ0) is 11.5. The van der Waals surface area contributed by atoms with Crippen LogP contribution in [0.15, 0.2) is 30.3 Å². The minimum absolute atomic E-state index is 0.828. The molecule has 2 aromatic rings. The number of anilines is 1. The van der Waals surface area contributed by atoms with Crippen molar-refractivity contribution in [1.29, 1.82) is 0 Å². The lowest BCUT2D eigenvalue weighted by atomic mass is 10.1. The van der Waals surface area contributed by atoms with Crippen molar-refractivity contribution in [3.05, 3.63) is 41.7 Å². The van der Waals surface area contributed by atoms with Crippen molar-refractivity contribution < 1.29 is 0 Å². The van der Waals surface area contributed by atoms with Crippen LogP contribution >= 0.6 is 0 Å². The van der Waals surface area contributed by atoms with Gasteiger partial charge in [-0.25, -0.2) is 9.97 Å². The minimum atomic E-state index is 0.828. The largest absolute Gasteiger partial charge is 0.371 e. The molecule has 1 aromatic heterocycles. The summed E-state index contributed by atoms with van der Waals surface area (Å²) in [6.07, 6.45) is 0. The standard InChI is InChI=1S/C13H15N3/c1-9-10(2)16-13(14-3)12(15-9)11-7-5-4-6-8-11/h4-8H,1-3H3,(H,14,16). The molecular weight excluding hydrogens is 198 g/mol. The smallest absolute Gasteiger partial charge is 0.152 e. The molecule has 0 fully saturated rings. The Labute approximate surface area is 95.6 Å². The van der Waals surface area contributed by atoms with E-state index in [0.29, 0.717) is 0 Å². The molecule has 0 saturated carbocycles. The second kappa shape index (κ2) is 4.31. The number of nitrogens with zero attached hydrogens (tertiary/aromatic N) is 2. The van der Waals surface area contributed by atoms with Gasteiger partial charge in [-0.05, 0) is 13.8 Å². The maximum absolute atomic E-state index is 4.59. The third kappa shape index (κ3) is 1.89. The van der Waals surface area contributed by atoms with Crippen molar-refractivity contribution in [2.45, 2.75) is 13.8 Å². The summed E-state index contributed by atoms with van der Waals surface area (Å²) in [6, 6.07) is 10.1. The second-order valence-corrected chi connectivity index (χ2v) is 3.71. The molecule has 1 N–H and O–H groups in total. The second-order valence-electron chi connectivity index (χ2n) is 3.71. The first-order chi connectivity index (χ1) is 7.72. The van der Waals surface area contributed by atoms with Gasteiger partial charge in [0.2, 0.25) is 0 Å². The highest BCUT2D eigenvalue weighted by Gasteiger charge is 2.09. The van der Waals surface area contributed by atoms with Crippen LogP contribution in [0.4, 0.5) is 5.82 Å². The normalized spacial score (nSPS) is 10.2. The van der Waals surface area contributed by atoms with E-state index in [2.05, 4.69) is 15.3 Å². The highest BCUT2D eigenvalue weighted by atomic mass is 15.0. The highest BCUT2D eigenvalue weighted by molar-refractivity contribution is 5.71. The number of benzene rings is 1. The summed E-state index contributed by atoms with van der Waals surface area (Å²) in [5, 5.41) is 3.09. The molecule has 2 rings (SSSR count). The summed E-state index contributed by atoms with van der Waals surface area (Å²) in [5.74, 6) is 0.828. The number of nitrogens with one attached hydrogen (secondary N) is 1. The van der Waals surface area contributed by atoms with E-state index in [4.69, 9.17) is 0 Å². The zero-order valence-corrected chi connectivity index (χ0v) is 9.78. The van der Waals surface area contributed by atoms with Gasteiger partial charge in [0.25, 0.3) is 0 Å². The van der Waals surface area contributed by atoms with E-state index >= 15 is 0 Å². The molecule has 0 amide bonds. The van der Waals surface area contributed by atoms with Crippen LogP contribution < -0.4 is 5.32 Å². The fourth-order valence-corrected chi connectivity index (χ4v) is 1.57. The fourth-order valence-electron chi connectivity index (χ4n) is 1.57. The molecule has 0 aliphatic heterocycles. The van der Waals surface area contributed by atoms with E-state index in [1.54, 1.807) is 0 Å². The van der Waals surface area contributed by atoms with Crippen molar-refractivity contribution in [3.63, 3.8) is 0 Å². The topological polar surface area (TPSA) is 37.8 Å². The molecule has 0 bridgehead atoms. The molecule has 0 atom stereocenters. The molecule has 3 nitrogen and oxygen atoms in total. The molecule has 0 unspecified atom stereocenters. The monoisotopic (exact) mass is 213 g/mol. The van der Waals surface area contributed by atoms with Gasteiger partial charge in [0.1, 0.15) is 5.69 Å². The molecule has 16 heavy (non-hydrogen) atoms. The maximum atomic E-state index is 4.59.